The van der Waals surface area contributed by atoms with E-state index < -0.39 is 12.0 Å². The van der Waals surface area contributed by atoms with Crippen LogP contribution in [0.3, 0.4) is 0 Å². The first-order valence-electron chi connectivity index (χ1n) is 7.10. The molecule has 1 saturated heterocycles. The van der Waals surface area contributed by atoms with Gasteiger partial charge in [0.1, 0.15) is 11.9 Å². The third kappa shape index (κ3) is 2.56. The van der Waals surface area contributed by atoms with Gasteiger partial charge in [-0.15, -0.1) is 0 Å². The van der Waals surface area contributed by atoms with Crippen LogP contribution in [0.25, 0.3) is 10.9 Å². The number of rotatable bonds is 2. The molecule has 2 aromatic rings. The summed E-state index contributed by atoms with van der Waals surface area (Å²) in [5.41, 5.74) is 2.12. The minimum Gasteiger partial charge on any atom is -0.480 e. The molecular weight excluding hydrogens is 266 g/mol. The number of hydrogen-bond donors (Lipinski definition) is 1. The van der Waals surface area contributed by atoms with Gasteiger partial charge in [0.2, 0.25) is 0 Å². The highest BCUT2D eigenvalue weighted by Gasteiger charge is 2.30. The van der Waals surface area contributed by atoms with E-state index in [2.05, 4.69) is 17.9 Å². The molecule has 0 spiro atoms. The standard InChI is InChI=1S/C16H19N3O2/c1-11-9-15(17-13-6-4-3-5-12(11)13)19-8-7-18(2)14(10-19)16(20)21/h3-6,9,14H,7-8,10H2,1-2H3,(H,20,21)/t14-/m0/s1. The Bertz CT molecular complexity index is 686. The number of carboxylic acid groups (broad SMARTS) is 1. The Morgan fingerprint density at radius 3 is 2.86 bits per heavy atom. The molecule has 5 nitrogen and oxygen atoms in total. The van der Waals surface area contributed by atoms with Crippen molar-refractivity contribution >= 4 is 22.7 Å². The molecule has 3 rings (SSSR count). The molecule has 0 amide bonds. The molecule has 0 unspecified atom stereocenters. The summed E-state index contributed by atoms with van der Waals surface area (Å²) >= 11 is 0. The van der Waals surface area contributed by atoms with Gasteiger partial charge in [0, 0.05) is 25.0 Å². The fourth-order valence-electron chi connectivity index (χ4n) is 2.84. The average Bonchev–Trinajstić information content (AvgIpc) is 2.47. The van der Waals surface area contributed by atoms with Crippen LogP contribution in [0.1, 0.15) is 5.56 Å². The molecule has 0 saturated carbocycles. The van der Waals surface area contributed by atoms with Gasteiger partial charge in [-0.2, -0.15) is 0 Å². The fourth-order valence-corrected chi connectivity index (χ4v) is 2.84. The van der Waals surface area contributed by atoms with E-state index >= 15 is 0 Å². The lowest BCUT2D eigenvalue weighted by Gasteiger charge is -2.38. The molecule has 1 atom stereocenters. The van der Waals surface area contributed by atoms with Crippen LogP contribution in [0, 0.1) is 6.92 Å². The molecule has 2 heterocycles. The summed E-state index contributed by atoms with van der Waals surface area (Å²) in [6.45, 7) is 4.06. The number of carbonyl (C=O) groups is 1. The summed E-state index contributed by atoms with van der Waals surface area (Å²) in [5.74, 6) is 0.0882. The molecule has 5 heteroatoms. The molecule has 110 valence electrons. The van der Waals surface area contributed by atoms with Crippen LogP contribution in [0.15, 0.2) is 30.3 Å². The first-order valence-corrected chi connectivity index (χ1v) is 7.10. The predicted octanol–water partition coefficient (Wildman–Crippen LogP) is 1.75. The van der Waals surface area contributed by atoms with E-state index in [1.807, 2.05) is 36.2 Å². The number of piperazine rings is 1. The molecule has 1 aliphatic rings. The van der Waals surface area contributed by atoms with Crippen LogP contribution >= 0.6 is 0 Å². The highest BCUT2D eigenvalue weighted by atomic mass is 16.4. The Morgan fingerprint density at radius 1 is 1.33 bits per heavy atom. The van der Waals surface area contributed by atoms with E-state index in [1.54, 1.807) is 0 Å². The number of aryl methyl sites for hydroxylation is 1. The van der Waals surface area contributed by atoms with Crippen molar-refractivity contribution in [1.29, 1.82) is 0 Å². The van der Waals surface area contributed by atoms with Crippen molar-refractivity contribution in [1.82, 2.24) is 9.88 Å². The predicted molar refractivity (Wildman–Crippen MR) is 82.7 cm³/mol. The molecule has 1 aliphatic heterocycles. The van der Waals surface area contributed by atoms with Crippen LogP contribution in [-0.4, -0.2) is 53.7 Å². The molecule has 0 aliphatic carbocycles. The second-order valence-corrected chi connectivity index (χ2v) is 5.60. The lowest BCUT2D eigenvalue weighted by Crippen LogP contribution is -2.55. The van der Waals surface area contributed by atoms with Gasteiger partial charge in [-0.3, -0.25) is 9.69 Å². The maximum Gasteiger partial charge on any atom is 0.322 e. The molecule has 0 bridgehead atoms. The van der Waals surface area contributed by atoms with Crippen molar-refractivity contribution in [2.45, 2.75) is 13.0 Å². The molecule has 0 radical (unpaired) electrons. The number of para-hydroxylation sites is 1. The van der Waals surface area contributed by atoms with Crippen molar-refractivity contribution in [3.63, 3.8) is 0 Å². The largest absolute Gasteiger partial charge is 0.480 e. The normalized spacial score (nSPS) is 19.9. The number of anilines is 1. The first-order chi connectivity index (χ1) is 10.1. The monoisotopic (exact) mass is 285 g/mol. The van der Waals surface area contributed by atoms with E-state index in [0.29, 0.717) is 6.54 Å². The van der Waals surface area contributed by atoms with Crippen LogP contribution in [0.2, 0.25) is 0 Å². The van der Waals surface area contributed by atoms with Crippen LogP contribution in [-0.2, 0) is 4.79 Å². The summed E-state index contributed by atoms with van der Waals surface area (Å²) in [4.78, 5) is 20.0. The minimum absolute atomic E-state index is 0.469. The summed E-state index contributed by atoms with van der Waals surface area (Å²) < 4.78 is 0. The van der Waals surface area contributed by atoms with Crippen LogP contribution in [0.5, 0.6) is 0 Å². The third-order valence-electron chi connectivity index (χ3n) is 4.17. The second kappa shape index (κ2) is 5.33. The lowest BCUT2D eigenvalue weighted by atomic mass is 10.1. The van der Waals surface area contributed by atoms with Gasteiger partial charge >= 0.3 is 5.97 Å². The van der Waals surface area contributed by atoms with Crippen molar-refractivity contribution in [2.24, 2.45) is 0 Å². The number of hydrogen-bond acceptors (Lipinski definition) is 4. The Balaban J connectivity index is 1.95. The number of likely N-dealkylation sites (N-methyl/N-ethyl adjacent to an activating group) is 1. The maximum atomic E-state index is 11.3. The highest BCUT2D eigenvalue weighted by Crippen LogP contribution is 2.24. The van der Waals surface area contributed by atoms with Crippen molar-refractivity contribution in [2.75, 3.05) is 31.6 Å². The van der Waals surface area contributed by atoms with Crippen molar-refractivity contribution < 1.29 is 9.90 Å². The summed E-state index contributed by atoms with van der Waals surface area (Å²) in [5, 5.41) is 10.5. The SMILES string of the molecule is Cc1cc(N2CCN(C)[C@H](C(=O)O)C2)nc2ccccc12. The second-order valence-electron chi connectivity index (χ2n) is 5.60. The molecular formula is C16H19N3O2. The Kier molecular flexibility index (Phi) is 3.51. The van der Waals surface area contributed by atoms with E-state index in [9.17, 15) is 9.90 Å². The van der Waals surface area contributed by atoms with Gasteiger partial charge in [-0.1, -0.05) is 18.2 Å². The molecule has 1 aromatic heterocycles. The first kappa shape index (κ1) is 13.8. The number of carboxylic acids is 1. The summed E-state index contributed by atoms with van der Waals surface area (Å²) in [7, 11) is 1.86. The van der Waals surface area contributed by atoms with Gasteiger partial charge in [0.25, 0.3) is 0 Å². The lowest BCUT2D eigenvalue weighted by molar-refractivity contribution is -0.142. The van der Waals surface area contributed by atoms with Gasteiger partial charge in [0.05, 0.1) is 5.52 Å². The topological polar surface area (TPSA) is 56.7 Å². The van der Waals surface area contributed by atoms with E-state index in [0.717, 1.165) is 29.8 Å². The number of aromatic nitrogens is 1. The smallest absolute Gasteiger partial charge is 0.322 e. The number of fused-ring (bicyclic) bond motifs is 1. The fraction of sp³-hybridized carbons (Fsp3) is 0.375. The highest BCUT2D eigenvalue weighted by molar-refractivity contribution is 5.84. The zero-order chi connectivity index (χ0) is 15.0. The summed E-state index contributed by atoms with van der Waals surface area (Å²) in [6, 6.07) is 9.61. The zero-order valence-electron chi connectivity index (χ0n) is 12.3. The molecule has 1 aromatic carbocycles. The molecule has 21 heavy (non-hydrogen) atoms. The van der Waals surface area contributed by atoms with Gasteiger partial charge in [-0.05, 0) is 31.7 Å². The summed E-state index contributed by atoms with van der Waals surface area (Å²) in [6.07, 6.45) is 0. The Labute approximate surface area is 123 Å². The van der Waals surface area contributed by atoms with Crippen LogP contribution < -0.4 is 4.90 Å². The van der Waals surface area contributed by atoms with Crippen molar-refractivity contribution in [3.8, 4) is 0 Å². The quantitative estimate of drug-likeness (QED) is 0.911. The van der Waals surface area contributed by atoms with Gasteiger partial charge in [-0.25, -0.2) is 4.98 Å². The maximum absolute atomic E-state index is 11.3. The van der Waals surface area contributed by atoms with Crippen molar-refractivity contribution in [3.05, 3.63) is 35.9 Å². The molecule has 1 N–H and O–H groups in total. The number of pyridine rings is 1. The number of aliphatic carboxylic acids is 1. The van der Waals surface area contributed by atoms with Gasteiger partial charge < -0.3 is 10.0 Å². The zero-order valence-corrected chi connectivity index (χ0v) is 12.3. The third-order valence-corrected chi connectivity index (χ3v) is 4.17. The van der Waals surface area contributed by atoms with E-state index in [4.69, 9.17) is 4.98 Å². The number of benzene rings is 1. The van der Waals surface area contributed by atoms with E-state index in [-0.39, 0.29) is 0 Å². The minimum atomic E-state index is -0.778. The van der Waals surface area contributed by atoms with Crippen LogP contribution in [0.4, 0.5) is 5.82 Å². The van der Waals surface area contributed by atoms with Gasteiger partial charge in [0.15, 0.2) is 0 Å². The Hall–Kier alpha value is -2.14. The molecule has 1 fully saturated rings. The average molecular weight is 285 g/mol. The Morgan fingerprint density at radius 2 is 2.10 bits per heavy atom. The number of nitrogens with zero attached hydrogens (tertiary/aromatic N) is 3. The van der Waals surface area contributed by atoms with E-state index in [1.165, 1.54) is 5.56 Å².